The molecule has 24 heteroatoms. The van der Waals surface area contributed by atoms with Crippen LogP contribution in [0.2, 0.25) is 0 Å². The van der Waals surface area contributed by atoms with Gasteiger partial charge < -0.3 is 56.0 Å². The summed E-state index contributed by atoms with van der Waals surface area (Å²) < 4.78 is 94.7. The number of nitrogens with zero attached hydrogens (tertiary/aromatic N) is 4. The van der Waals surface area contributed by atoms with Gasteiger partial charge in [-0.05, 0) is 6.26 Å². The normalized spacial score (nSPS) is 29.3. The lowest BCUT2D eigenvalue weighted by Crippen LogP contribution is -2.32. The van der Waals surface area contributed by atoms with Crippen molar-refractivity contribution in [2.24, 2.45) is 0 Å². The first-order valence-electron chi connectivity index (χ1n) is 10.1. The molecule has 3 radical (unpaired) electrons. The van der Waals surface area contributed by atoms with Crippen LogP contribution in [0.15, 0.2) is 11.5 Å². The van der Waals surface area contributed by atoms with Crippen molar-refractivity contribution >= 4 is 59.0 Å². The summed E-state index contributed by atoms with van der Waals surface area (Å²) in [6.45, 7) is -2.03. The van der Waals surface area contributed by atoms with Crippen molar-refractivity contribution in [3.05, 3.63) is 6.33 Å². The first-order chi connectivity index (χ1) is 17.5. The first-order valence-corrected chi connectivity index (χ1v) is 16.1. The Kier molecular flexibility index (Phi) is 8.20. The van der Waals surface area contributed by atoms with Gasteiger partial charge in [0, 0.05) is 7.11 Å². The van der Waals surface area contributed by atoms with Gasteiger partial charge in [0.2, 0.25) is 0 Å². The first kappa shape index (κ1) is 29.9. The monoisotopic (exact) mass is 623 g/mol. The second-order valence-electron chi connectivity index (χ2n) is 7.70. The van der Waals surface area contributed by atoms with Gasteiger partial charge in [-0.1, -0.05) is 11.8 Å². The summed E-state index contributed by atoms with van der Waals surface area (Å²) in [6.07, 6.45) is -1.15. The summed E-state index contributed by atoms with van der Waals surface area (Å²) in [4.78, 5) is 39.3. The van der Waals surface area contributed by atoms with Gasteiger partial charge in [0.05, 0.1) is 20.4 Å². The van der Waals surface area contributed by atoms with Gasteiger partial charge in [-0.25, -0.2) is 15.0 Å². The van der Waals surface area contributed by atoms with Gasteiger partial charge in [0.25, 0.3) is 6.48 Å². The van der Waals surface area contributed by atoms with Crippen molar-refractivity contribution in [3.63, 3.8) is 0 Å². The predicted molar refractivity (Wildman–Crippen MR) is 123 cm³/mol. The summed E-state index contributed by atoms with van der Waals surface area (Å²) in [6, 6.07) is 0. The lowest BCUT2D eigenvalue weighted by atomic mass is 10.1. The average Bonchev–Trinajstić information content (AvgIpc) is 3.49. The van der Waals surface area contributed by atoms with E-state index in [0.29, 0.717) is 5.16 Å². The Balaban J connectivity index is 1.56. The van der Waals surface area contributed by atoms with Gasteiger partial charge in [0.1, 0.15) is 23.8 Å². The molecule has 2 aromatic heterocycles. The van der Waals surface area contributed by atoms with Crippen LogP contribution in [0, 0.1) is 0 Å². The molecule has 0 spiro atoms. The number of ether oxygens (including phenoxy) is 4. The smallest absolute Gasteiger partial charge is 0.443 e. The van der Waals surface area contributed by atoms with Gasteiger partial charge in [-0.3, -0.25) is 18.0 Å². The molecule has 2 aliphatic rings. The second-order valence-corrected chi connectivity index (χ2v) is 14.1. The third-order valence-corrected chi connectivity index (χ3v) is 11.0. The molecule has 3 unspecified atom stereocenters. The van der Waals surface area contributed by atoms with E-state index in [-0.39, 0.29) is 17.0 Å². The predicted octanol–water partition coefficient (Wildman–Crippen LogP) is 0.965. The molecule has 211 valence electrons. The Labute approximate surface area is 217 Å². The summed E-state index contributed by atoms with van der Waals surface area (Å²) in [5, 5.41) is -5.29. The lowest BCUT2D eigenvalue weighted by molar-refractivity contribution is -0.256. The Hall–Kier alpha value is -1.05. The summed E-state index contributed by atoms with van der Waals surface area (Å²) >= 11 is 1.21. The number of hydrogen-bond donors (Lipinski definition) is 4. The maximum Gasteiger partial charge on any atom is 0.444 e. The minimum absolute atomic E-state index is 0.0904. The van der Waals surface area contributed by atoms with Crippen LogP contribution in [-0.4, -0.2) is 91.9 Å². The van der Waals surface area contributed by atoms with E-state index >= 15 is 0 Å². The Morgan fingerprint density at radius 1 is 1.21 bits per heavy atom. The number of halogens is 2. The van der Waals surface area contributed by atoms with Crippen LogP contribution in [0.25, 0.3) is 11.2 Å². The molecule has 7 atom stereocenters. The van der Waals surface area contributed by atoms with E-state index in [1.54, 1.807) is 6.26 Å². The fraction of sp³-hybridized carbons (Fsp3) is 0.643. The number of imidazole rings is 1. The highest BCUT2D eigenvalue weighted by atomic mass is 32.2. The molecule has 5 N–H and O–H groups in total. The number of nitrogens with two attached hydrogens (primary N) is 1. The molecule has 4 heterocycles. The van der Waals surface area contributed by atoms with E-state index in [1.807, 2.05) is 0 Å². The largest absolute Gasteiger partial charge is 0.444 e. The SMILES string of the molecule is [B-]P(=O)(OC[C@H]1O[C@@H](n2cnc3c(N)nc(SC)nc32)[C@@H]2OC(OC)O[C@@H]21)OP(=O)(O)C(F)(F)P(=O)(O)O. The molecule has 2 fully saturated rings. The van der Waals surface area contributed by atoms with Crippen LogP contribution in [-0.2, 0) is 41.5 Å². The molecule has 17 nitrogen and oxygen atoms in total. The van der Waals surface area contributed by atoms with Crippen molar-refractivity contribution in [1.29, 1.82) is 0 Å². The van der Waals surface area contributed by atoms with E-state index < -0.39 is 65.7 Å². The van der Waals surface area contributed by atoms with Crippen molar-refractivity contribution in [1.82, 2.24) is 19.5 Å². The molecule has 0 aliphatic carbocycles. The fourth-order valence-corrected chi connectivity index (χ4v) is 7.72. The second kappa shape index (κ2) is 10.4. The zero-order valence-corrected chi connectivity index (χ0v) is 22.6. The number of fused-ring (bicyclic) bond motifs is 2. The molecular weight excluding hydrogens is 604 g/mol. The molecule has 4 rings (SSSR count). The van der Waals surface area contributed by atoms with Crippen molar-refractivity contribution < 1.29 is 64.9 Å². The zero-order valence-electron chi connectivity index (χ0n) is 19.1. The molecule has 0 aromatic carbocycles. The number of anilines is 1. The van der Waals surface area contributed by atoms with Crippen LogP contribution >= 0.6 is 34.4 Å². The molecule has 0 amide bonds. The number of rotatable bonds is 10. The molecular formula is C14H19BF2N5O12P3S-. The Morgan fingerprint density at radius 2 is 1.87 bits per heavy atom. The Bertz CT molecular complexity index is 1370. The number of alkyl halides is 2. The number of hydrogen-bond acceptors (Lipinski definition) is 14. The van der Waals surface area contributed by atoms with E-state index in [2.05, 4.69) is 19.3 Å². The molecule has 2 aromatic rings. The maximum atomic E-state index is 13.7. The van der Waals surface area contributed by atoms with Gasteiger partial charge >= 0.3 is 20.6 Å². The average molecular weight is 623 g/mol. The Morgan fingerprint density at radius 3 is 2.47 bits per heavy atom. The zero-order chi connectivity index (χ0) is 28.3. The third kappa shape index (κ3) is 5.45. The van der Waals surface area contributed by atoms with Crippen LogP contribution in [0.4, 0.5) is 14.6 Å². The highest BCUT2D eigenvalue weighted by molar-refractivity contribution is 7.98. The van der Waals surface area contributed by atoms with Crippen LogP contribution in [0.1, 0.15) is 6.23 Å². The van der Waals surface area contributed by atoms with E-state index in [1.165, 1.54) is 29.8 Å². The number of methoxy groups -OCH3 is 1. The van der Waals surface area contributed by atoms with Gasteiger partial charge in [-0.15, -0.1) is 0 Å². The summed E-state index contributed by atoms with van der Waals surface area (Å²) in [5.41, 5.74) is 6.44. The third-order valence-electron chi connectivity index (χ3n) is 5.23. The number of nitrogen functional groups attached to an aromatic ring is 1. The fourth-order valence-electron chi connectivity index (χ4n) is 3.54. The van der Waals surface area contributed by atoms with Crippen LogP contribution in [0.5, 0.6) is 0 Å². The molecule has 0 saturated carbocycles. The van der Waals surface area contributed by atoms with Crippen molar-refractivity contribution in [3.8, 4) is 0 Å². The van der Waals surface area contributed by atoms with Gasteiger partial charge in [0.15, 0.2) is 22.8 Å². The standard InChI is InChI=1S/C14H19BF2N5O12P3S/c1-29-13-32-7-5(3-30-37(15,28)34-36(26,27)14(16,17)35(23,24)25)31-11(8(7)33-13)22-4-19-6-9(18)20-12(38-2)21-10(6)22/h4-5,7-8,11,13H,3H2,1-2H3,(H,26,27)(H2,18,20,21)(H2,23,24,25)/q-1/t5-,7-,8-,11-,13?,37?/m1/s1. The highest BCUT2D eigenvalue weighted by Crippen LogP contribution is 2.77. The quantitative estimate of drug-likeness (QED) is 0.125. The minimum atomic E-state index is -6.59. The number of aromatic nitrogens is 4. The topological polar surface area (TPSA) is 237 Å². The van der Waals surface area contributed by atoms with Crippen LogP contribution < -0.4 is 5.73 Å². The number of thioether (sulfide) groups is 1. The maximum absolute atomic E-state index is 13.7. The van der Waals surface area contributed by atoms with Crippen molar-refractivity contribution in [2.45, 2.75) is 41.6 Å². The van der Waals surface area contributed by atoms with E-state index in [9.17, 15) is 27.4 Å². The molecule has 38 heavy (non-hydrogen) atoms. The minimum Gasteiger partial charge on any atom is -0.443 e. The lowest BCUT2D eigenvalue weighted by Gasteiger charge is -2.32. The highest BCUT2D eigenvalue weighted by Gasteiger charge is 2.65. The summed E-state index contributed by atoms with van der Waals surface area (Å²) in [5.74, 6) is 0.0904. The summed E-state index contributed by atoms with van der Waals surface area (Å²) in [7, 11) is -12.0. The van der Waals surface area contributed by atoms with E-state index in [0.717, 1.165) is 0 Å². The van der Waals surface area contributed by atoms with Gasteiger partial charge in [-0.2, -0.15) is 8.78 Å². The van der Waals surface area contributed by atoms with Crippen LogP contribution in [0.3, 0.4) is 0 Å². The molecule has 2 aliphatic heterocycles. The van der Waals surface area contributed by atoms with Crippen molar-refractivity contribution in [2.75, 3.05) is 25.7 Å². The molecule has 2 saturated heterocycles. The molecule has 0 bridgehead atoms. The van der Waals surface area contributed by atoms with E-state index in [4.69, 9.17) is 46.6 Å².